The summed E-state index contributed by atoms with van der Waals surface area (Å²) in [4.78, 5) is 107. The number of nitrogens with zero attached hydrogens (tertiary/aromatic N) is 15. The van der Waals surface area contributed by atoms with Crippen LogP contribution in [0.15, 0.2) is 278 Å². The van der Waals surface area contributed by atoms with Crippen LogP contribution < -0.4 is 59.1 Å². The number of nitrogens with one attached hydrogen (secondary N) is 10. The van der Waals surface area contributed by atoms with Crippen molar-refractivity contribution in [2.24, 2.45) is 0 Å². The van der Waals surface area contributed by atoms with Crippen LogP contribution >= 0.6 is 34.5 Å². The van der Waals surface area contributed by atoms with E-state index in [0.717, 1.165) is 97.3 Å². The van der Waals surface area contributed by atoms with Gasteiger partial charge in [0.15, 0.2) is 29.1 Å². The van der Waals surface area contributed by atoms with Gasteiger partial charge in [-0.15, -0.1) is 11.3 Å². The predicted molar refractivity (Wildman–Crippen MR) is 526 cm³/mol. The topological polar surface area (TPSA) is 385 Å². The molecule has 37 heteroatoms. The number of H-pyrrole nitrogens is 5. The van der Waals surface area contributed by atoms with Gasteiger partial charge >= 0.3 is 6.18 Å². The van der Waals surface area contributed by atoms with Crippen molar-refractivity contribution in [1.29, 1.82) is 0 Å². The van der Waals surface area contributed by atoms with Gasteiger partial charge in [0.1, 0.15) is 5.75 Å². The van der Waals surface area contributed by atoms with Gasteiger partial charge in [-0.3, -0.25) is 49.5 Å². The number of anilines is 5. The average molecular weight is 1890 g/mol. The molecule has 20 aromatic rings. The number of thiophene rings is 1. The summed E-state index contributed by atoms with van der Waals surface area (Å²) in [7, 11) is 1.62. The van der Waals surface area contributed by atoms with Crippen LogP contribution in [-0.4, -0.2) is 105 Å². The highest BCUT2D eigenvalue weighted by molar-refractivity contribution is 7.13. The fourth-order valence-corrected chi connectivity index (χ4v) is 15.2. The van der Waals surface area contributed by atoms with Crippen LogP contribution in [0.25, 0.3) is 85.1 Å². The molecule has 0 atom stereocenters. The number of aromatic nitrogens is 20. The molecule has 0 radical (unpaired) electrons. The number of ether oxygens (including phenoxy) is 1. The van der Waals surface area contributed by atoms with Gasteiger partial charge in [-0.1, -0.05) is 152 Å². The highest BCUT2D eigenvalue weighted by Gasteiger charge is 2.31. The number of alkyl halides is 3. The number of aromatic amines is 5. The standard InChI is InChI=1S/C21H20ClN5O.C21H21N5O2.C21H21N5O.C19H16ClN5O.C17H12F3N5OS/c1-12-4-6-15(8-14(12)3)20-25-21-24-17(10-19(28)27(21)26-20)11-23-16-7-5-13(2)18(22)9-16;1-3-14-4-8-16(9-5-14)22-13-17-12-19(27)26-21(23-17)24-20(25-26)15-6-10-18(28-2)11-7-15;1-3-15-9-5-7-11-18(15)22-13-16-12-19(27)26-21(23-16)24-20(25-26)17-10-6-4-8-14(17)2;1-12-2-4-13(5-3-12)18-23-19-22-16(10-17(26)25(19)24-18)11-21-15-8-6-14(20)7-9-15;18-17(19,20)10-3-1-4-11(7-10)21-9-12-8-14(26)25-16(22-12)23-15(24-25)13-5-2-6-27-13/h4-10,23H,11H2,1-3H3,(H,24,25,26);4-12,22H,3,13H2,1-2H3,(H,23,24,25);4-12,22H,3,13H2,1-2H3,(H,23,24,25);2-10,21H,11H2,1H3,(H,22,23,24);1-8,21H,9H2,(H,22,23,24). The minimum atomic E-state index is -4.42. The van der Waals surface area contributed by atoms with Crippen LogP contribution in [0.1, 0.15) is 86.8 Å². The van der Waals surface area contributed by atoms with Gasteiger partial charge in [-0.2, -0.15) is 60.7 Å². The van der Waals surface area contributed by atoms with E-state index in [1.807, 2.05) is 197 Å². The molecule has 0 aliphatic rings. The first-order valence-electron chi connectivity index (χ1n) is 43.1. The summed E-state index contributed by atoms with van der Waals surface area (Å²) in [6, 6.07) is 74.7. The van der Waals surface area contributed by atoms with Crippen LogP contribution in [0.2, 0.25) is 10.0 Å². The molecule has 0 aliphatic carbocycles. The quantitative estimate of drug-likeness (QED) is 0.0284. The smallest absolute Gasteiger partial charge is 0.416 e. The zero-order valence-corrected chi connectivity index (χ0v) is 77.0. The van der Waals surface area contributed by atoms with Crippen LogP contribution in [0, 0.1) is 34.6 Å². The summed E-state index contributed by atoms with van der Waals surface area (Å²) < 4.78 is 50.2. The van der Waals surface area contributed by atoms with E-state index in [1.165, 1.54) is 98.6 Å². The van der Waals surface area contributed by atoms with Crippen molar-refractivity contribution in [3.8, 4) is 62.0 Å². The molecule has 0 saturated carbocycles. The van der Waals surface area contributed by atoms with E-state index in [1.54, 1.807) is 19.2 Å². The molecular formula is C99H90Cl2F3N25O6S. The third kappa shape index (κ3) is 22.7. The monoisotopic (exact) mass is 1880 g/mol. The third-order valence-corrected chi connectivity index (χ3v) is 23.4. The number of hydrogen-bond acceptors (Lipinski definition) is 22. The van der Waals surface area contributed by atoms with E-state index in [-0.39, 0.29) is 45.8 Å². The van der Waals surface area contributed by atoms with Gasteiger partial charge in [0, 0.05) is 91.1 Å². The average Bonchev–Trinajstić information content (AvgIpc) is 1.66. The van der Waals surface area contributed by atoms with E-state index >= 15 is 0 Å². The van der Waals surface area contributed by atoms with Crippen LogP contribution in [0.5, 0.6) is 5.75 Å². The Morgan fingerprint density at radius 2 is 0.794 bits per heavy atom. The number of methoxy groups -OCH3 is 1. The molecule has 0 bridgehead atoms. The second-order valence-corrected chi connectivity index (χ2v) is 33.3. The Kier molecular flexibility index (Phi) is 28.4. The van der Waals surface area contributed by atoms with E-state index in [9.17, 15) is 37.1 Å². The van der Waals surface area contributed by atoms with Gasteiger partial charge in [-0.05, 0) is 195 Å². The Hall–Kier alpha value is -16.4. The molecule has 136 heavy (non-hydrogen) atoms. The van der Waals surface area contributed by atoms with E-state index in [4.69, 9.17) is 27.9 Å². The largest absolute Gasteiger partial charge is 0.497 e. The third-order valence-electron chi connectivity index (χ3n) is 21.9. The summed E-state index contributed by atoms with van der Waals surface area (Å²) in [6.07, 6.45) is -2.47. The lowest BCUT2D eigenvalue weighted by molar-refractivity contribution is -0.137. The normalized spacial score (nSPS) is 11.2. The molecular weight excluding hydrogens is 1800 g/mol. The van der Waals surface area contributed by atoms with E-state index in [2.05, 4.69) is 141 Å². The summed E-state index contributed by atoms with van der Waals surface area (Å²) in [5, 5.41) is 34.2. The van der Waals surface area contributed by atoms with E-state index < -0.39 is 11.7 Å². The highest BCUT2D eigenvalue weighted by Crippen LogP contribution is 2.32. The first kappa shape index (κ1) is 92.9. The van der Waals surface area contributed by atoms with Crippen molar-refractivity contribution in [3.05, 3.63) is 389 Å². The van der Waals surface area contributed by atoms with E-state index in [0.29, 0.717) is 117 Å². The number of para-hydroxylation sites is 1. The van der Waals surface area contributed by atoms with Gasteiger partial charge in [0.05, 0.1) is 78.7 Å². The minimum Gasteiger partial charge on any atom is -0.497 e. The Morgan fingerprint density at radius 1 is 0.368 bits per heavy atom. The zero-order chi connectivity index (χ0) is 95.3. The Labute approximate surface area is 787 Å². The molecule has 20 rings (SSSR count). The summed E-state index contributed by atoms with van der Waals surface area (Å²) in [6.45, 7) is 16.2. The highest BCUT2D eigenvalue weighted by atomic mass is 35.5. The molecule has 11 heterocycles. The first-order chi connectivity index (χ1) is 65.7. The maximum Gasteiger partial charge on any atom is 0.416 e. The van der Waals surface area contributed by atoms with Crippen molar-refractivity contribution in [3.63, 3.8) is 0 Å². The summed E-state index contributed by atoms with van der Waals surface area (Å²) in [5.41, 5.74) is 16.9. The van der Waals surface area contributed by atoms with Gasteiger partial charge < -0.3 is 31.3 Å². The van der Waals surface area contributed by atoms with Gasteiger partial charge in [0.2, 0.25) is 0 Å². The number of fused-ring (bicyclic) bond motifs is 5. The Bertz CT molecular complexity index is 7990. The van der Waals surface area contributed by atoms with Gasteiger partial charge in [0.25, 0.3) is 56.7 Å². The fraction of sp³-hybridized carbons (Fsp3) is 0.162. The molecule has 0 unspecified atom stereocenters. The number of benzene rings is 9. The molecule has 0 spiro atoms. The lowest BCUT2D eigenvalue weighted by Crippen LogP contribution is -2.17. The molecule has 0 amide bonds. The molecule has 11 aromatic heterocycles. The van der Waals surface area contributed by atoms with Crippen LogP contribution in [0.4, 0.5) is 41.6 Å². The molecule has 10 N–H and O–H groups in total. The molecule has 9 aromatic carbocycles. The van der Waals surface area contributed by atoms with Crippen LogP contribution in [-0.2, 0) is 51.7 Å². The Morgan fingerprint density at radius 3 is 1.27 bits per heavy atom. The molecule has 0 fully saturated rings. The predicted octanol–water partition coefficient (Wildman–Crippen LogP) is 18.5. The molecule has 31 nitrogen and oxygen atoms in total. The molecule has 688 valence electrons. The van der Waals surface area contributed by atoms with Crippen molar-refractivity contribution < 1.29 is 17.9 Å². The lowest BCUT2D eigenvalue weighted by atomic mass is 10.1. The first-order valence-corrected chi connectivity index (χ1v) is 44.7. The van der Waals surface area contributed by atoms with Crippen LogP contribution in [0.3, 0.4) is 0 Å². The SMILES string of the molecule is CCc1ccc(NCc2cc(=O)n3[nH]c(-c4ccc(OC)cc4)nc3n2)cc1.CCc1ccccc1NCc1cc(=O)n2[nH]c(-c3ccccc3C)nc2n1.Cc1ccc(-c2nc3nc(CNc4ccc(C)c(Cl)c4)cc(=O)n3[nH]2)cc1C.Cc1ccc(-c2nc3nc(CNc4ccc(Cl)cc4)cc(=O)n3[nH]2)cc1.O=c1cc(CNc2cccc(C(F)(F)F)c2)nc2nc(-c3cccs3)[nH]n12. The fourth-order valence-electron chi connectivity index (χ4n) is 14.2. The van der Waals surface area contributed by atoms with Crippen molar-refractivity contribution >= 4 is 91.9 Å². The maximum absolute atomic E-state index is 12.8. The molecule has 0 saturated heterocycles. The Balaban J connectivity index is 0.000000123. The van der Waals surface area contributed by atoms with Crippen molar-refractivity contribution in [1.82, 2.24) is 97.9 Å². The maximum atomic E-state index is 12.8. The number of aryl methyl sites for hydroxylation is 7. The summed E-state index contributed by atoms with van der Waals surface area (Å²) in [5.74, 6) is 5.34. The lowest BCUT2D eigenvalue weighted by Gasteiger charge is -2.10. The van der Waals surface area contributed by atoms with Gasteiger partial charge in [-0.25, -0.2) is 24.9 Å². The van der Waals surface area contributed by atoms with Crippen molar-refractivity contribution in [2.75, 3.05) is 33.7 Å². The second kappa shape index (κ2) is 41.6. The number of rotatable bonds is 23. The second-order valence-electron chi connectivity index (χ2n) is 31.5. The summed E-state index contributed by atoms with van der Waals surface area (Å²) >= 11 is 13.5. The number of halogens is 5. The molecule has 0 aliphatic heterocycles. The number of hydrogen-bond donors (Lipinski definition) is 10. The van der Waals surface area contributed by atoms with Crippen molar-refractivity contribution in [2.45, 2.75) is 100 Å². The zero-order valence-electron chi connectivity index (χ0n) is 74.7. The minimum absolute atomic E-state index is 0.0915.